The molecule has 0 aliphatic carbocycles. The molecular formula is C29H32Cl2N2O3. The standard InChI is InChI=1S/C29H32Cl2N2O3/c1-21(2)36-18-6-17-32-29(35)28(24-7-4-3-5-8-24)33(20-23-11-15-26(31)16-12-23)27(34)19-22-9-13-25(30)14-10-22/h3-5,7-16,21,28H,6,17-20H2,1-2H3,(H,32,35)/t28-/m1/s1. The van der Waals surface area contributed by atoms with E-state index in [1.54, 1.807) is 29.2 Å². The zero-order chi connectivity index (χ0) is 25.9. The number of hydrogen-bond donors (Lipinski definition) is 1. The topological polar surface area (TPSA) is 58.6 Å². The fourth-order valence-corrected chi connectivity index (χ4v) is 4.05. The van der Waals surface area contributed by atoms with Crippen molar-refractivity contribution in [2.24, 2.45) is 0 Å². The third-order valence-electron chi connectivity index (χ3n) is 5.60. The van der Waals surface area contributed by atoms with Crippen molar-refractivity contribution in [1.29, 1.82) is 0 Å². The molecule has 2 amide bonds. The summed E-state index contributed by atoms with van der Waals surface area (Å²) >= 11 is 12.1. The molecule has 0 spiro atoms. The van der Waals surface area contributed by atoms with Crippen LogP contribution in [0.25, 0.3) is 0 Å². The average Bonchev–Trinajstić information content (AvgIpc) is 2.86. The van der Waals surface area contributed by atoms with Crippen molar-refractivity contribution >= 4 is 35.0 Å². The summed E-state index contributed by atoms with van der Waals surface area (Å²) in [5, 5.41) is 4.22. The Bertz CT molecular complexity index is 1100. The van der Waals surface area contributed by atoms with Crippen LogP contribution in [0.5, 0.6) is 0 Å². The van der Waals surface area contributed by atoms with Gasteiger partial charge in [0.25, 0.3) is 0 Å². The summed E-state index contributed by atoms with van der Waals surface area (Å²) in [4.78, 5) is 28.9. The lowest BCUT2D eigenvalue weighted by Crippen LogP contribution is -2.44. The smallest absolute Gasteiger partial charge is 0.247 e. The predicted octanol–water partition coefficient (Wildman–Crippen LogP) is 6.24. The molecule has 0 fully saturated rings. The lowest BCUT2D eigenvalue weighted by atomic mass is 10.0. The van der Waals surface area contributed by atoms with Crippen molar-refractivity contribution in [3.63, 3.8) is 0 Å². The molecule has 0 bridgehead atoms. The van der Waals surface area contributed by atoms with Gasteiger partial charge >= 0.3 is 0 Å². The number of hydrogen-bond acceptors (Lipinski definition) is 3. The molecule has 3 rings (SSSR count). The Labute approximate surface area is 223 Å². The number of carbonyl (C=O) groups excluding carboxylic acids is 2. The second-order valence-corrected chi connectivity index (χ2v) is 9.70. The van der Waals surface area contributed by atoms with Crippen LogP contribution < -0.4 is 5.32 Å². The van der Waals surface area contributed by atoms with Gasteiger partial charge in [0.15, 0.2) is 0 Å². The number of rotatable bonds is 12. The van der Waals surface area contributed by atoms with Crippen LogP contribution in [0.4, 0.5) is 0 Å². The Balaban J connectivity index is 1.88. The first-order valence-corrected chi connectivity index (χ1v) is 12.8. The van der Waals surface area contributed by atoms with Gasteiger partial charge in [-0.05, 0) is 61.2 Å². The highest BCUT2D eigenvalue weighted by Gasteiger charge is 2.31. The van der Waals surface area contributed by atoms with Gasteiger partial charge in [-0.25, -0.2) is 0 Å². The summed E-state index contributed by atoms with van der Waals surface area (Å²) < 4.78 is 5.58. The Morgan fingerprint density at radius 2 is 1.44 bits per heavy atom. The first-order chi connectivity index (χ1) is 17.3. The largest absolute Gasteiger partial charge is 0.379 e. The van der Waals surface area contributed by atoms with Gasteiger partial charge in [-0.3, -0.25) is 9.59 Å². The SMILES string of the molecule is CC(C)OCCCNC(=O)[C@@H](c1ccccc1)N(Cc1ccc(Cl)cc1)C(=O)Cc1ccc(Cl)cc1. The maximum Gasteiger partial charge on any atom is 0.247 e. The Morgan fingerprint density at radius 3 is 2.03 bits per heavy atom. The molecule has 1 atom stereocenters. The molecule has 0 saturated heterocycles. The minimum atomic E-state index is -0.798. The number of amides is 2. The fourth-order valence-electron chi connectivity index (χ4n) is 3.80. The lowest BCUT2D eigenvalue weighted by Gasteiger charge is -2.32. The van der Waals surface area contributed by atoms with E-state index in [1.807, 2.05) is 68.4 Å². The van der Waals surface area contributed by atoms with E-state index in [0.717, 1.165) is 16.7 Å². The molecule has 3 aromatic carbocycles. The zero-order valence-electron chi connectivity index (χ0n) is 20.6. The molecule has 0 radical (unpaired) electrons. The summed E-state index contributed by atoms with van der Waals surface area (Å²) in [7, 11) is 0. The number of nitrogens with one attached hydrogen (secondary N) is 1. The molecule has 1 N–H and O–H groups in total. The monoisotopic (exact) mass is 526 g/mol. The van der Waals surface area contributed by atoms with Gasteiger partial charge < -0.3 is 15.0 Å². The van der Waals surface area contributed by atoms with Crippen LogP contribution in [0.2, 0.25) is 10.0 Å². The predicted molar refractivity (Wildman–Crippen MR) is 145 cm³/mol. The van der Waals surface area contributed by atoms with Crippen molar-refractivity contribution in [2.75, 3.05) is 13.2 Å². The van der Waals surface area contributed by atoms with Crippen LogP contribution in [-0.4, -0.2) is 36.0 Å². The van der Waals surface area contributed by atoms with Crippen LogP contribution >= 0.6 is 23.2 Å². The highest BCUT2D eigenvalue weighted by Crippen LogP contribution is 2.25. The number of carbonyl (C=O) groups is 2. The van der Waals surface area contributed by atoms with Crippen molar-refractivity contribution in [2.45, 2.75) is 45.4 Å². The average molecular weight is 527 g/mol. The maximum absolute atomic E-state index is 13.7. The van der Waals surface area contributed by atoms with Gasteiger partial charge in [-0.15, -0.1) is 0 Å². The molecule has 0 saturated carbocycles. The first-order valence-electron chi connectivity index (χ1n) is 12.1. The van der Waals surface area contributed by atoms with Crippen molar-refractivity contribution in [3.8, 4) is 0 Å². The molecule has 0 aliphatic rings. The van der Waals surface area contributed by atoms with Crippen LogP contribution in [0.1, 0.15) is 43.0 Å². The molecule has 0 aromatic heterocycles. The minimum Gasteiger partial charge on any atom is -0.379 e. The Hall–Kier alpha value is -2.86. The number of nitrogens with zero attached hydrogens (tertiary/aromatic N) is 1. The lowest BCUT2D eigenvalue weighted by molar-refractivity contribution is -0.141. The second kappa shape index (κ2) is 14.0. The molecule has 3 aromatic rings. The third kappa shape index (κ3) is 8.66. The molecular weight excluding hydrogens is 495 g/mol. The maximum atomic E-state index is 13.7. The second-order valence-electron chi connectivity index (χ2n) is 8.83. The molecule has 7 heteroatoms. The Morgan fingerprint density at radius 1 is 0.861 bits per heavy atom. The van der Waals surface area contributed by atoms with Gasteiger partial charge in [-0.2, -0.15) is 0 Å². The van der Waals surface area contributed by atoms with E-state index in [-0.39, 0.29) is 30.9 Å². The molecule has 36 heavy (non-hydrogen) atoms. The fraction of sp³-hybridized carbons (Fsp3) is 0.310. The summed E-state index contributed by atoms with van der Waals surface area (Å²) in [6.07, 6.45) is 0.961. The first kappa shape index (κ1) is 27.7. The van der Waals surface area contributed by atoms with E-state index >= 15 is 0 Å². The summed E-state index contributed by atoms with van der Waals surface area (Å²) in [5.41, 5.74) is 2.44. The molecule has 190 valence electrons. The number of halogens is 2. The van der Waals surface area contributed by atoms with E-state index in [4.69, 9.17) is 27.9 Å². The van der Waals surface area contributed by atoms with Crippen molar-refractivity contribution in [1.82, 2.24) is 10.2 Å². The van der Waals surface area contributed by atoms with E-state index in [9.17, 15) is 9.59 Å². The zero-order valence-corrected chi connectivity index (χ0v) is 22.1. The highest BCUT2D eigenvalue weighted by molar-refractivity contribution is 6.30. The van der Waals surface area contributed by atoms with E-state index in [2.05, 4.69) is 5.32 Å². The van der Waals surface area contributed by atoms with E-state index in [1.165, 1.54) is 0 Å². The molecule has 5 nitrogen and oxygen atoms in total. The van der Waals surface area contributed by atoms with Gasteiger partial charge in [0.1, 0.15) is 6.04 Å². The summed E-state index contributed by atoms with van der Waals surface area (Å²) in [5.74, 6) is -0.399. The molecule has 0 aliphatic heterocycles. The van der Waals surface area contributed by atoms with Gasteiger partial charge in [0, 0.05) is 29.7 Å². The van der Waals surface area contributed by atoms with Crippen molar-refractivity contribution in [3.05, 3.63) is 106 Å². The van der Waals surface area contributed by atoms with Crippen LogP contribution in [-0.2, 0) is 27.3 Å². The Kier molecular flexibility index (Phi) is 10.8. The normalized spacial score (nSPS) is 11.8. The summed E-state index contributed by atoms with van der Waals surface area (Å²) in [6, 6.07) is 23.1. The number of benzene rings is 3. The van der Waals surface area contributed by atoms with Gasteiger partial charge in [-0.1, -0.05) is 77.8 Å². The van der Waals surface area contributed by atoms with Crippen LogP contribution in [0.3, 0.4) is 0 Å². The molecule has 0 heterocycles. The third-order valence-corrected chi connectivity index (χ3v) is 6.11. The van der Waals surface area contributed by atoms with E-state index in [0.29, 0.717) is 29.6 Å². The van der Waals surface area contributed by atoms with Gasteiger partial charge in [0.2, 0.25) is 11.8 Å². The quantitative estimate of drug-likeness (QED) is 0.284. The summed E-state index contributed by atoms with van der Waals surface area (Å²) in [6.45, 7) is 5.22. The van der Waals surface area contributed by atoms with Crippen molar-refractivity contribution < 1.29 is 14.3 Å². The number of ether oxygens (including phenoxy) is 1. The molecule has 0 unspecified atom stereocenters. The van der Waals surface area contributed by atoms with Crippen LogP contribution in [0, 0.1) is 0 Å². The minimum absolute atomic E-state index is 0.137. The van der Waals surface area contributed by atoms with Crippen LogP contribution in [0.15, 0.2) is 78.9 Å². The highest BCUT2D eigenvalue weighted by atomic mass is 35.5. The van der Waals surface area contributed by atoms with Gasteiger partial charge in [0.05, 0.1) is 12.5 Å². The van der Waals surface area contributed by atoms with E-state index < -0.39 is 6.04 Å².